The number of aromatic nitrogens is 2. The van der Waals surface area contributed by atoms with Crippen molar-refractivity contribution >= 4 is 11.6 Å². The fourth-order valence-corrected chi connectivity index (χ4v) is 2.79. The first-order valence-electron chi connectivity index (χ1n) is 7.86. The number of halogens is 3. The molecule has 5 nitrogen and oxygen atoms in total. The molecule has 1 N–H and O–H groups in total. The van der Waals surface area contributed by atoms with Crippen molar-refractivity contribution in [3.8, 4) is 6.07 Å². The zero-order chi connectivity index (χ0) is 17.9. The molecule has 1 aliphatic heterocycles. The largest absolute Gasteiger partial charge is 0.416 e. The third kappa shape index (κ3) is 4.18. The molecule has 1 aliphatic rings. The number of nitrogens with one attached hydrogen (secondary N) is 1. The van der Waals surface area contributed by atoms with E-state index >= 15 is 0 Å². The molecule has 25 heavy (non-hydrogen) atoms. The Labute approximate surface area is 143 Å². The van der Waals surface area contributed by atoms with E-state index in [0.29, 0.717) is 5.56 Å². The minimum Gasteiger partial charge on any atom is -0.367 e. The molecule has 8 heteroatoms. The number of nitriles is 1. The highest BCUT2D eigenvalue weighted by Gasteiger charge is 2.31. The summed E-state index contributed by atoms with van der Waals surface area (Å²) in [5.74, 6) is 1.04. The Kier molecular flexibility index (Phi) is 4.74. The number of hydrogen-bond acceptors (Lipinski definition) is 5. The van der Waals surface area contributed by atoms with Gasteiger partial charge in [0.15, 0.2) is 0 Å². The van der Waals surface area contributed by atoms with Gasteiger partial charge >= 0.3 is 6.18 Å². The highest BCUT2D eigenvalue weighted by Crippen LogP contribution is 2.30. The Balaban J connectivity index is 1.58. The Morgan fingerprint density at radius 3 is 2.52 bits per heavy atom. The predicted octanol–water partition coefficient (Wildman–Crippen LogP) is 3.45. The summed E-state index contributed by atoms with van der Waals surface area (Å²) in [6.45, 7) is 1.46. The second kappa shape index (κ2) is 6.97. The molecular weight excluding hydrogens is 331 g/mol. The number of anilines is 2. The molecule has 3 rings (SSSR count). The molecule has 130 valence electrons. The highest BCUT2D eigenvalue weighted by atomic mass is 19.4. The fraction of sp³-hybridized carbons (Fsp3) is 0.353. The second-order valence-corrected chi connectivity index (χ2v) is 5.85. The van der Waals surface area contributed by atoms with E-state index in [9.17, 15) is 13.2 Å². The third-order valence-electron chi connectivity index (χ3n) is 4.14. The van der Waals surface area contributed by atoms with Crippen LogP contribution in [0.5, 0.6) is 0 Å². The summed E-state index contributed by atoms with van der Waals surface area (Å²) < 4.78 is 38.3. The van der Waals surface area contributed by atoms with Gasteiger partial charge in [-0.1, -0.05) is 0 Å². The standard InChI is InChI=1S/C17H16F3N5/c18-17(19,20)13-3-6-22-15(9-13)24-14-4-7-25(8-5-14)16-2-1-12(10-21)11-23-16/h1-3,6,9,11,14H,4-5,7-8H2,(H,22,24). The zero-order valence-electron chi connectivity index (χ0n) is 13.3. The molecule has 1 saturated heterocycles. The lowest BCUT2D eigenvalue weighted by atomic mass is 10.0. The van der Waals surface area contributed by atoms with Gasteiger partial charge in [0, 0.05) is 31.5 Å². The summed E-state index contributed by atoms with van der Waals surface area (Å²) in [7, 11) is 0. The highest BCUT2D eigenvalue weighted by molar-refractivity contribution is 5.43. The molecule has 0 bridgehead atoms. The lowest BCUT2D eigenvalue weighted by Gasteiger charge is -2.33. The summed E-state index contributed by atoms with van der Waals surface area (Å²) in [4.78, 5) is 10.3. The van der Waals surface area contributed by atoms with Gasteiger partial charge in [-0.25, -0.2) is 9.97 Å². The van der Waals surface area contributed by atoms with E-state index in [-0.39, 0.29) is 11.9 Å². The van der Waals surface area contributed by atoms with Crippen LogP contribution in [-0.2, 0) is 6.18 Å². The van der Waals surface area contributed by atoms with Crippen LogP contribution in [0.2, 0.25) is 0 Å². The van der Waals surface area contributed by atoms with Gasteiger partial charge in [-0.2, -0.15) is 18.4 Å². The van der Waals surface area contributed by atoms with Crippen molar-refractivity contribution in [2.75, 3.05) is 23.3 Å². The summed E-state index contributed by atoms with van der Waals surface area (Å²) >= 11 is 0. The van der Waals surface area contributed by atoms with Crippen LogP contribution in [-0.4, -0.2) is 29.1 Å². The summed E-state index contributed by atoms with van der Waals surface area (Å²) in [6, 6.07) is 7.62. The van der Waals surface area contributed by atoms with Crippen molar-refractivity contribution in [3.05, 3.63) is 47.8 Å². The van der Waals surface area contributed by atoms with Crippen molar-refractivity contribution < 1.29 is 13.2 Å². The predicted molar refractivity (Wildman–Crippen MR) is 87.0 cm³/mol. The zero-order valence-corrected chi connectivity index (χ0v) is 13.3. The molecule has 0 radical (unpaired) electrons. The lowest BCUT2D eigenvalue weighted by Crippen LogP contribution is -2.39. The quantitative estimate of drug-likeness (QED) is 0.921. The molecule has 0 unspecified atom stereocenters. The van der Waals surface area contributed by atoms with Crippen LogP contribution < -0.4 is 10.2 Å². The van der Waals surface area contributed by atoms with E-state index in [1.807, 2.05) is 6.07 Å². The molecule has 2 aromatic rings. The summed E-state index contributed by atoms with van der Waals surface area (Å²) in [5.41, 5.74) is -0.194. The Morgan fingerprint density at radius 1 is 1.16 bits per heavy atom. The molecule has 1 fully saturated rings. The van der Waals surface area contributed by atoms with Crippen molar-refractivity contribution in [1.82, 2.24) is 9.97 Å². The van der Waals surface area contributed by atoms with Crippen LogP contribution in [0.15, 0.2) is 36.7 Å². The van der Waals surface area contributed by atoms with Gasteiger partial charge in [0.1, 0.15) is 17.7 Å². The molecule has 0 aromatic carbocycles. The molecule has 0 aliphatic carbocycles. The van der Waals surface area contributed by atoms with Crippen molar-refractivity contribution in [3.63, 3.8) is 0 Å². The molecule has 3 heterocycles. The lowest BCUT2D eigenvalue weighted by molar-refractivity contribution is -0.137. The van der Waals surface area contributed by atoms with Gasteiger partial charge in [0.2, 0.25) is 0 Å². The van der Waals surface area contributed by atoms with Gasteiger partial charge in [-0.05, 0) is 37.1 Å². The van der Waals surface area contributed by atoms with Crippen LogP contribution in [0.1, 0.15) is 24.0 Å². The van der Waals surface area contributed by atoms with Gasteiger partial charge in [-0.3, -0.25) is 0 Å². The van der Waals surface area contributed by atoms with E-state index < -0.39 is 11.7 Å². The number of hydrogen-bond donors (Lipinski definition) is 1. The first-order valence-corrected chi connectivity index (χ1v) is 7.86. The average Bonchev–Trinajstić information content (AvgIpc) is 2.62. The maximum absolute atomic E-state index is 12.8. The normalized spacial score (nSPS) is 15.7. The molecule has 2 aromatic heterocycles. The first kappa shape index (κ1) is 17.0. The fourth-order valence-electron chi connectivity index (χ4n) is 2.79. The molecule has 0 amide bonds. The maximum atomic E-state index is 12.8. The molecule has 0 saturated carbocycles. The Hall–Kier alpha value is -2.82. The smallest absolute Gasteiger partial charge is 0.367 e. The van der Waals surface area contributed by atoms with Gasteiger partial charge in [0.25, 0.3) is 0 Å². The average molecular weight is 347 g/mol. The number of piperidine rings is 1. The first-order chi connectivity index (χ1) is 12.0. The van der Waals surface area contributed by atoms with Crippen LogP contribution in [0.4, 0.5) is 24.8 Å². The van der Waals surface area contributed by atoms with E-state index in [2.05, 4.69) is 20.2 Å². The van der Waals surface area contributed by atoms with Crippen LogP contribution >= 0.6 is 0 Å². The van der Waals surface area contributed by atoms with Gasteiger partial charge in [0.05, 0.1) is 11.1 Å². The minimum absolute atomic E-state index is 0.0608. The SMILES string of the molecule is N#Cc1ccc(N2CCC(Nc3cc(C(F)(F)F)ccn3)CC2)nc1. The number of alkyl halides is 3. The van der Waals surface area contributed by atoms with E-state index in [1.165, 1.54) is 12.4 Å². The monoisotopic (exact) mass is 347 g/mol. The van der Waals surface area contributed by atoms with Gasteiger partial charge in [-0.15, -0.1) is 0 Å². The van der Waals surface area contributed by atoms with E-state index in [0.717, 1.165) is 43.9 Å². The maximum Gasteiger partial charge on any atom is 0.416 e. The Bertz CT molecular complexity index is 759. The molecular formula is C17H16F3N5. The topological polar surface area (TPSA) is 64.8 Å². The van der Waals surface area contributed by atoms with Gasteiger partial charge < -0.3 is 10.2 Å². The minimum atomic E-state index is -4.37. The van der Waals surface area contributed by atoms with E-state index in [1.54, 1.807) is 12.1 Å². The molecule has 0 spiro atoms. The molecule has 0 atom stereocenters. The van der Waals surface area contributed by atoms with Crippen molar-refractivity contribution in [1.29, 1.82) is 5.26 Å². The second-order valence-electron chi connectivity index (χ2n) is 5.85. The van der Waals surface area contributed by atoms with Crippen LogP contribution in [0.3, 0.4) is 0 Å². The van der Waals surface area contributed by atoms with Crippen LogP contribution in [0, 0.1) is 11.3 Å². The Morgan fingerprint density at radius 2 is 1.92 bits per heavy atom. The van der Waals surface area contributed by atoms with E-state index in [4.69, 9.17) is 5.26 Å². The summed E-state index contributed by atoms with van der Waals surface area (Å²) in [5, 5.41) is 11.9. The van der Waals surface area contributed by atoms with Crippen molar-refractivity contribution in [2.24, 2.45) is 0 Å². The van der Waals surface area contributed by atoms with Crippen LogP contribution in [0.25, 0.3) is 0 Å². The summed E-state index contributed by atoms with van der Waals surface area (Å²) in [6.07, 6.45) is -0.142. The number of nitrogens with zero attached hydrogens (tertiary/aromatic N) is 4. The van der Waals surface area contributed by atoms with Crippen molar-refractivity contribution in [2.45, 2.75) is 25.1 Å². The number of rotatable bonds is 3. The number of pyridine rings is 2. The third-order valence-corrected chi connectivity index (χ3v) is 4.14.